The van der Waals surface area contributed by atoms with E-state index in [0.717, 1.165) is 0 Å². The van der Waals surface area contributed by atoms with Gasteiger partial charge in [0.05, 0.1) is 34.6 Å². The highest BCUT2D eigenvalue weighted by Crippen LogP contribution is 2.48. The quantitative estimate of drug-likeness (QED) is 0.161. The number of carbonyl (C=O) groups excluding carboxylic acids is 2. The molecule has 0 bridgehead atoms. The first-order valence-electron chi connectivity index (χ1n) is 10.3. The summed E-state index contributed by atoms with van der Waals surface area (Å²) < 4.78 is 10.2. The van der Waals surface area contributed by atoms with E-state index < -0.39 is 34.6 Å². The molecule has 0 amide bonds. The minimum atomic E-state index is -0.942. The van der Waals surface area contributed by atoms with Crippen LogP contribution in [0.25, 0.3) is 0 Å². The maximum absolute atomic E-state index is 12.9. The summed E-state index contributed by atoms with van der Waals surface area (Å²) >= 11 is 12.5. The molecule has 34 heavy (non-hydrogen) atoms. The highest BCUT2D eigenvalue weighted by Gasteiger charge is 2.33. The van der Waals surface area contributed by atoms with Gasteiger partial charge in [-0.1, -0.05) is 47.5 Å². The van der Waals surface area contributed by atoms with E-state index in [2.05, 4.69) is 10.6 Å². The second-order valence-electron chi connectivity index (χ2n) is 6.85. The lowest BCUT2D eigenvalue weighted by atomic mass is 10.0. The van der Waals surface area contributed by atoms with Crippen LogP contribution in [0.1, 0.15) is 34.6 Å². The van der Waals surface area contributed by atoms with Crippen molar-refractivity contribution < 1.29 is 29.3 Å². The highest BCUT2D eigenvalue weighted by molar-refractivity contribution is 6.34. The van der Waals surface area contributed by atoms with Crippen LogP contribution in [0.5, 0.6) is 11.5 Å². The Labute approximate surface area is 206 Å². The van der Waals surface area contributed by atoms with Crippen molar-refractivity contribution in [1.29, 1.82) is 0 Å². The monoisotopic (exact) mass is 504 g/mol. The standard InChI is InChI=1S/C24H22Cl2N2O6/c1-3-33-23(31)17-19(27-15-11-7-5-9-13(15)25)22(30)18(24(32)34-4-2)20(21(17)29)28-16-12-8-6-10-14(16)26/h5-12,27-30H,3-4H2,1-2H3. The number of halogens is 2. The predicted octanol–water partition coefficient (Wildman–Crippen LogP) is 6.25. The summed E-state index contributed by atoms with van der Waals surface area (Å²) in [6.45, 7) is 3.17. The van der Waals surface area contributed by atoms with E-state index in [1.165, 1.54) is 0 Å². The molecule has 178 valence electrons. The Morgan fingerprint density at radius 2 is 1.09 bits per heavy atom. The molecule has 0 unspecified atom stereocenters. The van der Waals surface area contributed by atoms with Gasteiger partial charge in [0, 0.05) is 0 Å². The molecule has 0 saturated heterocycles. The first-order chi connectivity index (χ1) is 16.3. The molecule has 10 heteroatoms. The molecule has 0 aliphatic heterocycles. The van der Waals surface area contributed by atoms with Crippen molar-refractivity contribution >= 4 is 57.9 Å². The van der Waals surface area contributed by atoms with E-state index >= 15 is 0 Å². The van der Waals surface area contributed by atoms with Gasteiger partial charge < -0.3 is 30.3 Å². The molecule has 0 spiro atoms. The Bertz CT molecular complexity index is 1140. The number of benzene rings is 3. The van der Waals surface area contributed by atoms with E-state index in [9.17, 15) is 19.8 Å². The third kappa shape index (κ3) is 5.13. The van der Waals surface area contributed by atoms with Crippen molar-refractivity contribution in [2.24, 2.45) is 0 Å². The SMILES string of the molecule is CCOC(=O)c1c(O)c(Nc2ccccc2Cl)c(C(=O)OCC)c(O)c1Nc1ccccc1Cl. The first kappa shape index (κ1) is 25.0. The van der Waals surface area contributed by atoms with Gasteiger partial charge in [-0.2, -0.15) is 0 Å². The number of esters is 2. The fourth-order valence-electron chi connectivity index (χ4n) is 3.17. The lowest BCUT2D eigenvalue weighted by molar-refractivity contribution is 0.0507. The fraction of sp³-hybridized carbons (Fsp3) is 0.167. The summed E-state index contributed by atoms with van der Waals surface area (Å²) in [6, 6.07) is 13.1. The van der Waals surface area contributed by atoms with Gasteiger partial charge in [-0.05, 0) is 38.1 Å². The third-order valence-electron chi connectivity index (χ3n) is 4.67. The molecular weight excluding hydrogens is 483 g/mol. The third-order valence-corrected chi connectivity index (χ3v) is 5.33. The van der Waals surface area contributed by atoms with E-state index in [1.807, 2.05) is 0 Å². The lowest BCUT2D eigenvalue weighted by Crippen LogP contribution is -2.15. The van der Waals surface area contributed by atoms with E-state index in [-0.39, 0.29) is 34.6 Å². The summed E-state index contributed by atoms with van der Waals surface area (Å²) in [7, 11) is 0. The van der Waals surface area contributed by atoms with Crippen molar-refractivity contribution in [1.82, 2.24) is 0 Å². The number of ether oxygens (including phenoxy) is 2. The molecule has 0 radical (unpaired) electrons. The zero-order valence-electron chi connectivity index (χ0n) is 18.3. The fourth-order valence-corrected chi connectivity index (χ4v) is 3.53. The van der Waals surface area contributed by atoms with Crippen LogP contribution >= 0.6 is 23.2 Å². The largest absolute Gasteiger partial charge is 0.505 e. The Hall–Kier alpha value is -3.62. The number of rotatable bonds is 8. The number of anilines is 4. The number of hydrogen-bond acceptors (Lipinski definition) is 8. The molecule has 0 fully saturated rings. The zero-order chi connectivity index (χ0) is 24.8. The lowest BCUT2D eigenvalue weighted by Gasteiger charge is -2.22. The second-order valence-corrected chi connectivity index (χ2v) is 7.66. The Balaban J connectivity index is 2.32. The number of phenols is 2. The van der Waals surface area contributed by atoms with Gasteiger partial charge in [-0.3, -0.25) is 0 Å². The summed E-state index contributed by atoms with van der Waals surface area (Å²) in [6.07, 6.45) is 0. The van der Waals surface area contributed by atoms with Crippen molar-refractivity contribution in [3.8, 4) is 11.5 Å². The molecule has 4 N–H and O–H groups in total. The van der Waals surface area contributed by atoms with Crippen LogP contribution < -0.4 is 10.6 Å². The van der Waals surface area contributed by atoms with Gasteiger partial charge in [0.25, 0.3) is 0 Å². The Kier molecular flexibility index (Phi) is 8.09. The topological polar surface area (TPSA) is 117 Å². The smallest absolute Gasteiger partial charge is 0.344 e. The maximum atomic E-state index is 12.9. The van der Waals surface area contributed by atoms with Crippen LogP contribution in [-0.2, 0) is 9.47 Å². The Morgan fingerprint density at radius 1 is 0.735 bits per heavy atom. The van der Waals surface area contributed by atoms with E-state index in [1.54, 1.807) is 62.4 Å². The average Bonchev–Trinajstić information content (AvgIpc) is 2.80. The summed E-state index contributed by atoms with van der Waals surface area (Å²) in [5, 5.41) is 28.6. The molecular formula is C24H22Cl2N2O6. The van der Waals surface area contributed by atoms with Crippen molar-refractivity contribution in [2.75, 3.05) is 23.8 Å². The van der Waals surface area contributed by atoms with E-state index in [4.69, 9.17) is 32.7 Å². The second kappa shape index (κ2) is 11.0. The molecule has 0 heterocycles. The molecule has 3 aromatic rings. The minimum absolute atomic E-state index is 0.00251. The number of hydrogen-bond donors (Lipinski definition) is 4. The van der Waals surface area contributed by atoms with E-state index in [0.29, 0.717) is 11.4 Å². The van der Waals surface area contributed by atoms with Crippen LogP contribution in [0.15, 0.2) is 48.5 Å². The van der Waals surface area contributed by atoms with Crippen molar-refractivity contribution in [3.63, 3.8) is 0 Å². The van der Waals surface area contributed by atoms with Crippen molar-refractivity contribution in [2.45, 2.75) is 13.8 Å². The summed E-state index contributed by atoms with van der Waals surface area (Å²) in [5.74, 6) is -3.20. The molecule has 0 aliphatic carbocycles. The Morgan fingerprint density at radius 3 is 1.41 bits per heavy atom. The first-order valence-corrected chi connectivity index (χ1v) is 11.0. The average molecular weight is 505 g/mol. The molecule has 3 rings (SSSR count). The number of carbonyl (C=O) groups is 2. The minimum Gasteiger partial charge on any atom is -0.505 e. The molecule has 0 saturated carbocycles. The normalized spacial score (nSPS) is 10.5. The van der Waals surface area contributed by atoms with Crippen LogP contribution in [0.4, 0.5) is 22.7 Å². The van der Waals surface area contributed by atoms with Crippen molar-refractivity contribution in [3.05, 3.63) is 69.7 Å². The van der Waals surface area contributed by atoms with Crippen LogP contribution in [0.3, 0.4) is 0 Å². The highest BCUT2D eigenvalue weighted by atomic mass is 35.5. The molecule has 0 aliphatic rings. The molecule has 3 aromatic carbocycles. The van der Waals surface area contributed by atoms with Gasteiger partial charge in [-0.25, -0.2) is 9.59 Å². The molecule has 0 aromatic heterocycles. The predicted molar refractivity (Wildman–Crippen MR) is 131 cm³/mol. The summed E-state index contributed by atoms with van der Waals surface area (Å²) in [4.78, 5) is 25.7. The van der Waals surface area contributed by atoms with Gasteiger partial charge in [-0.15, -0.1) is 0 Å². The van der Waals surface area contributed by atoms with Gasteiger partial charge in [0.1, 0.15) is 22.5 Å². The number of phenolic OH excluding ortho intramolecular Hbond substituents is 2. The number of para-hydroxylation sites is 2. The van der Waals surface area contributed by atoms with Crippen LogP contribution in [-0.4, -0.2) is 35.4 Å². The van der Waals surface area contributed by atoms with Crippen LogP contribution in [0.2, 0.25) is 10.0 Å². The van der Waals surface area contributed by atoms with Gasteiger partial charge in [0.15, 0.2) is 11.5 Å². The zero-order valence-corrected chi connectivity index (χ0v) is 19.8. The molecule has 0 atom stereocenters. The number of aromatic hydroxyl groups is 2. The van der Waals surface area contributed by atoms with Gasteiger partial charge in [0.2, 0.25) is 0 Å². The molecule has 8 nitrogen and oxygen atoms in total. The van der Waals surface area contributed by atoms with Crippen LogP contribution in [0, 0.1) is 0 Å². The summed E-state index contributed by atoms with van der Waals surface area (Å²) in [5.41, 5.74) is -0.769. The number of nitrogens with one attached hydrogen (secondary N) is 2. The maximum Gasteiger partial charge on any atom is 0.344 e. The van der Waals surface area contributed by atoms with Gasteiger partial charge >= 0.3 is 11.9 Å².